The lowest BCUT2D eigenvalue weighted by atomic mass is 10.1. The largest absolute Gasteiger partial charge is 0.454 e. The van der Waals surface area contributed by atoms with Crippen LogP contribution in [0.4, 0.5) is 0 Å². The van der Waals surface area contributed by atoms with Crippen molar-refractivity contribution in [1.29, 1.82) is 0 Å². The molecule has 0 unspecified atom stereocenters. The molecule has 0 saturated carbocycles. The van der Waals surface area contributed by atoms with E-state index >= 15 is 0 Å². The Morgan fingerprint density at radius 3 is 2.20 bits per heavy atom. The van der Waals surface area contributed by atoms with Gasteiger partial charge in [0.2, 0.25) is 6.79 Å². The Balaban J connectivity index is 1.29. The predicted molar refractivity (Wildman–Crippen MR) is 115 cm³/mol. The smallest absolute Gasteiger partial charge is 0.251 e. The molecule has 2 N–H and O–H groups in total. The van der Waals surface area contributed by atoms with E-state index in [-0.39, 0.29) is 18.6 Å². The maximum absolute atomic E-state index is 12.4. The van der Waals surface area contributed by atoms with Crippen molar-refractivity contribution < 1.29 is 19.1 Å². The summed E-state index contributed by atoms with van der Waals surface area (Å²) in [6, 6.07) is 19.9. The Morgan fingerprint density at radius 1 is 0.767 bits per heavy atom. The summed E-state index contributed by atoms with van der Waals surface area (Å²) in [7, 11) is 0. The summed E-state index contributed by atoms with van der Waals surface area (Å²) < 4.78 is 11.5. The Hall–Kier alpha value is -3.32. The van der Waals surface area contributed by atoms with Gasteiger partial charge in [-0.15, -0.1) is 0 Å². The molecule has 0 atom stereocenters. The minimum Gasteiger partial charge on any atom is -0.454 e. The van der Waals surface area contributed by atoms with Crippen LogP contribution in [0.15, 0.2) is 71.2 Å². The van der Waals surface area contributed by atoms with Gasteiger partial charge in [0.05, 0.1) is 0 Å². The molecule has 0 radical (unpaired) electrons. The third-order valence-electron chi connectivity index (χ3n) is 4.65. The maximum Gasteiger partial charge on any atom is 0.251 e. The minimum absolute atomic E-state index is 0.151. The molecular weight excluding hydrogens is 448 g/mol. The second-order valence-electron chi connectivity index (χ2n) is 6.76. The normalized spacial score (nSPS) is 11.8. The Kier molecular flexibility index (Phi) is 5.99. The molecule has 1 aliphatic heterocycles. The summed E-state index contributed by atoms with van der Waals surface area (Å²) in [5, 5.41) is 5.77. The topological polar surface area (TPSA) is 76.7 Å². The van der Waals surface area contributed by atoms with E-state index in [2.05, 4.69) is 26.6 Å². The van der Waals surface area contributed by atoms with E-state index in [1.807, 2.05) is 42.5 Å². The molecule has 152 valence electrons. The van der Waals surface area contributed by atoms with Gasteiger partial charge in [0.1, 0.15) is 0 Å². The monoisotopic (exact) mass is 466 g/mol. The first-order valence-electron chi connectivity index (χ1n) is 9.38. The number of nitrogens with one attached hydrogen (secondary N) is 2. The van der Waals surface area contributed by atoms with Crippen LogP contribution in [-0.4, -0.2) is 18.6 Å². The second kappa shape index (κ2) is 9.00. The molecule has 3 aromatic rings. The first-order valence-corrected chi connectivity index (χ1v) is 10.2. The van der Waals surface area contributed by atoms with Gasteiger partial charge in [-0.2, -0.15) is 0 Å². The quantitative estimate of drug-likeness (QED) is 0.574. The third-order valence-corrected chi connectivity index (χ3v) is 5.14. The van der Waals surface area contributed by atoms with Crippen LogP contribution in [0.1, 0.15) is 31.8 Å². The van der Waals surface area contributed by atoms with Crippen LogP contribution < -0.4 is 20.1 Å². The van der Waals surface area contributed by atoms with Gasteiger partial charge in [-0.05, 0) is 53.6 Å². The van der Waals surface area contributed by atoms with E-state index < -0.39 is 0 Å². The number of hydrogen-bond acceptors (Lipinski definition) is 4. The highest BCUT2D eigenvalue weighted by atomic mass is 79.9. The first-order chi connectivity index (χ1) is 14.6. The molecule has 0 aromatic heterocycles. The molecule has 3 aromatic carbocycles. The summed E-state index contributed by atoms with van der Waals surface area (Å²) in [6.07, 6.45) is 0. The third kappa shape index (κ3) is 4.80. The van der Waals surface area contributed by atoms with Crippen molar-refractivity contribution in [3.63, 3.8) is 0 Å². The molecule has 0 bridgehead atoms. The van der Waals surface area contributed by atoms with Crippen molar-refractivity contribution in [2.45, 2.75) is 13.1 Å². The predicted octanol–water partition coefficient (Wildman–Crippen LogP) is 4.04. The molecule has 1 aliphatic rings. The number of halogens is 1. The molecule has 4 rings (SSSR count). The molecule has 6 nitrogen and oxygen atoms in total. The van der Waals surface area contributed by atoms with Crippen LogP contribution in [0.5, 0.6) is 11.5 Å². The Labute approximate surface area is 182 Å². The standard InChI is InChI=1S/C23H19BrN2O4/c24-19-3-1-2-18(11-19)23(28)25-12-15-4-7-17(8-5-15)22(27)26-13-16-6-9-20-21(10-16)30-14-29-20/h1-11H,12-14H2,(H,25,28)(H,26,27). The number of benzene rings is 3. The SMILES string of the molecule is O=C(NCc1ccc2c(c1)OCO2)c1ccc(CNC(=O)c2cccc(Br)c2)cc1. The molecule has 0 aliphatic carbocycles. The summed E-state index contributed by atoms with van der Waals surface area (Å²) in [5.41, 5.74) is 2.98. The fourth-order valence-corrected chi connectivity index (χ4v) is 3.42. The molecule has 1 heterocycles. The lowest BCUT2D eigenvalue weighted by Gasteiger charge is -2.08. The fourth-order valence-electron chi connectivity index (χ4n) is 3.02. The number of amides is 2. The highest BCUT2D eigenvalue weighted by Gasteiger charge is 2.14. The van der Waals surface area contributed by atoms with Crippen LogP contribution in [0.2, 0.25) is 0 Å². The highest BCUT2D eigenvalue weighted by molar-refractivity contribution is 9.10. The number of carbonyl (C=O) groups is 2. The van der Waals surface area contributed by atoms with Crippen molar-refractivity contribution >= 4 is 27.7 Å². The van der Waals surface area contributed by atoms with Gasteiger partial charge in [0.25, 0.3) is 11.8 Å². The Bertz CT molecular complexity index is 1080. The van der Waals surface area contributed by atoms with Crippen molar-refractivity contribution in [1.82, 2.24) is 10.6 Å². The number of carbonyl (C=O) groups excluding carboxylic acids is 2. The molecule has 30 heavy (non-hydrogen) atoms. The van der Waals surface area contributed by atoms with Crippen molar-refractivity contribution in [3.05, 3.63) is 93.5 Å². The van der Waals surface area contributed by atoms with Gasteiger partial charge in [0.15, 0.2) is 11.5 Å². The minimum atomic E-state index is -0.169. The van der Waals surface area contributed by atoms with E-state index in [1.165, 1.54) is 0 Å². The number of hydrogen-bond donors (Lipinski definition) is 2. The van der Waals surface area contributed by atoms with Gasteiger partial charge in [-0.1, -0.05) is 40.2 Å². The zero-order valence-corrected chi connectivity index (χ0v) is 17.6. The number of rotatable bonds is 6. The summed E-state index contributed by atoms with van der Waals surface area (Å²) in [6.45, 7) is 0.991. The van der Waals surface area contributed by atoms with Gasteiger partial charge >= 0.3 is 0 Å². The van der Waals surface area contributed by atoms with E-state index in [4.69, 9.17) is 9.47 Å². The molecule has 0 fully saturated rings. The van der Waals surface area contributed by atoms with Crippen molar-refractivity contribution in [2.75, 3.05) is 6.79 Å². The van der Waals surface area contributed by atoms with E-state index in [0.717, 1.165) is 15.6 Å². The second-order valence-corrected chi connectivity index (χ2v) is 7.68. The summed E-state index contributed by atoms with van der Waals surface area (Å²) >= 11 is 3.36. The van der Waals surface area contributed by atoms with Crippen molar-refractivity contribution in [2.24, 2.45) is 0 Å². The average Bonchev–Trinajstić information content (AvgIpc) is 3.24. The summed E-state index contributed by atoms with van der Waals surface area (Å²) in [5.74, 6) is 1.09. The molecule has 7 heteroatoms. The van der Waals surface area contributed by atoms with Crippen molar-refractivity contribution in [3.8, 4) is 11.5 Å². The lowest BCUT2D eigenvalue weighted by Crippen LogP contribution is -2.24. The van der Waals surface area contributed by atoms with Crippen LogP contribution in [0.25, 0.3) is 0 Å². The summed E-state index contributed by atoms with van der Waals surface area (Å²) in [4.78, 5) is 24.6. The number of ether oxygens (including phenoxy) is 2. The lowest BCUT2D eigenvalue weighted by molar-refractivity contribution is 0.0941. The van der Waals surface area contributed by atoms with Crippen LogP contribution >= 0.6 is 15.9 Å². The zero-order chi connectivity index (χ0) is 20.9. The molecule has 0 saturated heterocycles. The average molecular weight is 467 g/mol. The number of fused-ring (bicyclic) bond motifs is 1. The Morgan fingerprint density at radius 2 is 1.43 bits per heavy atom. The highest BCUT2D eigenvalue weighted by Crippen LogP contribution is 2.32. The van der Waals surface area contributed by atoms with Gasteiger partial charge < -0.3 is 20.1 Å². The van der Waals surface area contributed by atoms with E-state index in [9.17, 15) is 9.59 Å². The van der Waals surface area contributed by atoms with E-state index in [1.54, 1.807) is 24.3 Å². The molecule has 0 spiro atoms. The molecular formula is C23H19BrN2O4. The maximum atomic E-state index is 12.4. The fraction of sp³-hybridized carbons (Fsp3) is 0.130. The van der Waals surface area contributed by atoms with Crippen LogP contribution in [0, 0.1) is 0 Å². The van der Waals surface area contributed by atoms with E-state index in [0.29, 0.717) is 35.7 Å². The van der Waals surface area contributed by atoms with Gasteiger partial charge in [-0.25, -0.2) is 0 Å². The molecule has 2 amide bonds. The van der Waals surface area contributed by atoms with Crippen LogP contribution in [-0.2, 0) is 13.1 Å². The van der Waals surface area contributed by atoms with Crippen LogP contribution in [0.3, 0.4) is 0 Å². The van der Waals surface area contributed by atoms with Gasteiger partial charge in [-0.3, -0.25) is 9.59 Å². The first kappa shape index (κ1) is 20.0. The zero-order valence-electron chi connectivity index (χ0n) is 16.0. The van der Waals surface area contributed by atoms with Gasteiger partial charge in [0, 0.05) is 28.7 Å².